The van der Waals surface area contributed by atoms with Crippen LogP contribution in [0, 0.1) is 11.7 Å². The van der Waals surface area contributed by atoms with E-state index in [-0.39, 0.29) is 30.5 Å². The molecule has 1 aromatic carbocycles. The average Bonchev–Trinajstić information content (AvgIpc) is 3.34. The summed E-state index contributed by atoms with van der Waals surface area (Å²) < 4.78 is 15.4. The van der Waals surface area contributed by atoms with Crippen molar-refractivity contribution in [3.05, 3.63) is 53.9 Å². The van der Waals surface area contributed by atoms with E-state index in [0.717, 1.165) is 18.7 Å². The first kappa shape index (κ1) is 17.1. The number of nitrogens with zero attached hydrogens (tertiary/aromatic N) is 2. The Kier molecular flexibility index (Phi) is 5.11. The molecule has 1 heterocycles. The topological polar surface area (TPSA) is 76.0 Å². The molecule has 6 nitrogen and oxygen atoms in total. The fourth-order valence-electron chi connectivity index (χ4n) is 2.78. The molecule has 25 heavy (non-hydrogen) atoms. The van der Waals surface area contributed by atoms with Gasteiger partial charge in [0, 0.05) is 32.4 Å². The van der Waals surface area contributed by atoms with Crippen molar-refractivity contribution < 1.29 is 14.0 Å². The summed E-state index contributed by atoms with van der Waals surface area (Å²) in [5.41, 5.74) is -0.0215. The van der Waals surface area contributed by atoms with Crippen LogP contribution in [0.25, 0.3) is 0 Å². The predicted molar refractivity (Wildman–Crippen MR) is 90.2 cm³/mol. The molecule has 1 saturated carbocycles. The maximum absolute atomic E-state index is 13.5. The molecule has 2 amide bonds. The van der Waals surface area contributed by atoms with Crippen molar-refractivity contribution >= 4 is 11.8 Å². The van der Waals surface area contributed by atoms with Gasteiger partial charge in [-0.3, -0.25) is 9.59 Å². The zero-order valence-corrected chi connectivity index (χ0v) is 14.0. The molecule has 1 aromatic heterocycles. The minimum Gasteiger partial charge on any atom is -0.351 e. The van der Waals surface area contributed by atoms with E-state index < -0.39 is 11.7 Å². The molecule has 1 aliphatic rings. The number of hydrogen-bond donors (Lipinski definition) is 2. The van der Waals surface area contributed by atoms with Crippen LogP contribution in [0.2, 0.25) is 0 Å². The van der Waals surface area contributed by atoms with E-state index in [9.17, 15) is 14.0 Å². The lowest BCUT2D eigenvalue weighted by Crippen LogP contribution is -2.34. The quantitative estimate of drug-likeness (QED) is 0.806. The van der Waals surface area contributed by atoms with Crippen LogP contribution in [-0.2, 0) is 11.8 Å². The number of aryl methyl sites for hydroxylation is 1. The molecule has 1 unspecified atom stereocenters. The SMILES string of the molecule is Cn1ccnc1C(NC(=O)CCNC(=O)c1ccccc1F)C1CC1. The van der Waals surface area contributed by atoms with E-state index in [4.69, 9.17) is 0 Å². The van der Waals surface area contributed by atoms with Crippen LogP contribution in [0.5, 0.6) is 0 Å². The Morgan fingerprint density at radius 3 is 2.76 bits per heavy atom. The largest absolute Gasteiger partial charge is 0.351 e. The Morgan fingerprint density at radius 1 is 1.36 bits per heavy atom. The van der Waals surface area contributed by atoms with Gasteiger partial charge in [0.1, 0.15) is 11.6 Å². The van der Waals surface area contributed by atoms with Crippen molar-refractivity contribution in [3.8, 4) is 0 Å². The van der Waals surface area contributed by atoms with E-state index in [1.807, 2.05) is 17.8 Å². The first-order valence-electron chi connectivity index (χ1n) is 8.35. The number of rotatable bonds is 7. The average molecular weight is 344 g/mol. The second-order valence-corrected chi connectivity index (χ2v) is 6.26. The van der Waals surface area contributed by atoms with Gasteiger partial charge in [-0.2, -0.15) is 0 Å². The number of imidazole rings is 1. The number of benzene rings is 1. The molecule has 0 spiro atoms. The van der Waals surface area contributed by atoms with Gasteiger partial charge in [-0.15, -0.1) is 0 Å². The lowest BCUT2D eigenvalue weighted by atomic mass is 10.1. The van der Waals surface area contributed by atoms with Gasteiger partial charge in [0.05, 0.1) is 11.6 Å². The van der Waals surface area contributed by atoms with Crippen LogP contribution in [0.3, 0.4) is 0 Å². The van der Waals surface area contributed by atoms with Crippen molar-refractivity contribution in [2.24, 2.45) is 13.0 Å². The fraction of sp³-hybridized carbons (Fsp3) is 0.389. The summed E-state index contributed by atoms with van der Waals surface area (Å²) in [5.74, 6) is -0.000179. The molecule has 0 bridgehead atoms. The van der Waals surface area contributed by atoms with Gasteiger partial charge in [0.15, 0.2) is 0 Å². The summed E-state index contributed by atoms with van der Waals surface area (Å²) in [6.45, 7) is 0.150. The zero-order chi connectivity index (χ0) is 17.8. The molecule has 7 heteroatoms. The van der Waals surface area contributed by atoms with Gasteiger partial charge < -0.3 is 15.2 Å². The third-order valence-electron chi connectivity index (χ3n) is 4.30. The third kappa shape index (κ3) is 4.23. The first-order chi connectivity index (χ1) is 12.1. The minimum atomic E-state index is -0.576. The summed E-state index contributed by atoms with van der Waals surface area (Å²) in [6.07, 6.45) is 5.84. The summed E-state index contributed by atoms with van der Waals surface area (Å²) in [4.78, 5) is 28.5. The molecular formula is C18H21FN4O2. The highest BCUT2D eigenvalue weighted by molar-refractivity contribution is 5.94. The lowest BCUT2D eigenvalue weighted by Gasteiger charge is -2.18. The van der Waals surface area contributed by atoms with E-state index >= 15 is 0 Å². The fourth-order valence-corrected chi connectivity index (χ4v) is 2.78. The zero-order valence-electron chi connectivity index (χ0n) is 14.0. The van der Waals surface area contributed by atoms with E-state index in [2.05, 4.69) is 15.6 Å². The molecule has 1 fully saturated rings. The second-order valence-electron chi connectivity index (χ2n) is 6.26. The molecule has 3 rings (SSSR count). The summed E-state index contributed by atoms with van der Waals surface area (Å²) in [7, 11) is 1.90. The molecule has 1 atom stereocenters. The van der Waals surface area contributed by atoms with Crippen LogP contribution in [-0.4, -0.2) is 27.9 Å². The number of amides is 2. The number of aromatic nitrogens is 2. The van der Waals surface area contributed by atoms with Crippen molar-refractivity contribution in [2.45, 2.75) is 25.3 Å². The van der Waals surface area contributed by atoms with E-state index in [1.165, 1.54) is 18.2 Å². The highest BCUT2D eigenvalue weighted by Gasteiger charge is 2.35. The monoisotopic (exact) mass is 344 g/mol. The Hall–Kier alpha value is -2.70. The van der Waals surface area contributed by atoms with Crippen molar-refractivity contribution in [2.75, 3.05) is 6.54 Å². The molecule has 2 N–H and O–H groups in total. The lowest BCUT2D eigenvalue weighted by molar-refractivity contribution is -0.121. The predicted octanol–water partition coefficient (Wildman–Crippen LogP) is 1.95. The summed E-state index contributed by atoms with van der Waals surface area (Å²) in [5, 5.41) is 5.57. The van der Waals surface area contributed by atoms with Gasteiger partial charge in [-0.05, 0) is 30.9 Å². The van der Waals surface area contributed by atoms with Crippen LogP contribution in [0.15, 0.2) is 36.7 Å². The Morgan fingerprint density at radius 2 is 2.12 bits per heavy atom. The molecule has 1 aliphatic carbocycles. The van der Waals surface area contributed by atoms with Crippen LogP contribution in [0.1, 0.15) is 41.5 Å². The number of nitrogens with one attached hydrogen (secondary N) is 2. The van der Waals surface area contributed by atoms with Crippen LogP contribution < -0.4 is 10.6 Å². The van der Waals surface area contributed by atoms with Crippen LogP contribution >= 0.6 is 0 Å². The maximum atomic E-state index is 13.5. The van der Waals surface area contributed by atoms with E-state index in [0.29, 0.717) is 5.92 Å². The first-order valence-corrected chi connectivity index (χ1v) is 8.35. The highest BCUT2D eigenvalue weighted by atomic mass is 19.1. The van der Waals surface area contributed by atoms with Crippen molar-refractivity contribution in [1.29, 1.82) is 0 Å². The normalized spacial score (nSPS) is 14.8. The van der Waals surface area contributed by atoms with Gasteiger partial charge in [0.25, 0.3) is 5.91 Å². The molecular weight excluding hydrogens is 323 g/mol. The smallest absolute Gasteiger partial charge is 0.254 e. The minimum absolute atomic E-state index is 0.0215. The number of carbonyl (C=O) groups is 2. The maximum Gasteiger partial charge on any atom is 0.254 e. The van der Waals surface area contributed by atoms with E-state index in [1.54, 1.807) is 12.3 Å². The number of carbonyl (C=O) groups excluding carboxylic acids is 2. The Labute approximate surface area is 145 Å². The molecule has 0 saturated heterocycles. The molecule has 2 aromatic rings. The van der Waals surface area contributed by atoms with Gasteiger partial charge in [0.2, 0.25) is 5.91 Å². The molecule has 0 aliphatic heterocycles. The van der Waals surface area contributed by atoms with Gasteiger partial charge >= 0.3 is 0 Å². The third-order valence-corrected chi connectivity index (χ3v) is 4.30. The summed E-state index contributed by atoms with van der Waals surface area (Å²) >= 11 is 0. The van der Waals surface area contributed by atoms with Gasteiger partial charge in [-0.1, -0.05) is 12.1 Å². The van der Waals surface area contributed by atoms with Crippen molar-refractivity contribution in [1.82, 2.24) is 20.2 Å². The molecule has 0 radical (unpaired) electrons. The number of hydrogen-bond acceptors (Lipinski definition) is 3. The standard InChI is InChI=1S/C18H21FN4O2/c1-23-11-10-20-17(23)16(12-6-7-12)22-15(24)8-9-21-18(25)13-4-2-3-5-14(13)19/h2-5,10-12,16H,6-9H2,1H3,(H,21,25)(H,22,24). The summed E-state index contributed by atoms with van der Waals surface area (Å²) in [6, 6.07) is 5.66. The Balaban J connectivity index is 1.50. The highest BCUT2D eigenvalue weighted by Crippen LogP contribution is 2.40. The van der Waals surface area contributed by atoms with Crippen LogP contribution in [0.4, 0.5) is 4.39 Å². The second kappa shape index (κ2) is 7.46. The number of halogens is 1. The Bertz CT molecular complexity index is 770. The molecule has 132 valence electrons. The van der Waals surface area contributed by atoms with Crippen molar-refractivity contribution in [3.63, 3.8) is 0 Å². The van der Waals surface area contributed by atoms with Gasteiger partial charge in [-0.25, -0.2) is 9.37 Å².